The van der Waals surface area contributed by atoms with Crippen LogP contribution in [0.4, 0.5) is 22.0 Å². The third kappa shape index (κ3) is 2.08. The molecule has 2 atom stereocenters. The second-order valence-corrected chi connectivity index (χ2v) is 6.52. The van der Waals surface area contributed by atoms with Crippen molar-refractivity contribution in [2.24, 2.45) is 0 Å². The topological polar surface area (TPSA) is 73.5 Å². The summed E-state index contributed by atoms with van der Waals surface area (Å²) in [4.78, 5) is 0. The van der Waals surface area contributed by atoms with Crippen LogP contribution in [0.25, 0.3) is 0 Å². The van der Waals surface area contributed by atoms with Crippen LogP contribution in [-0.2, 0) is 11.5 Å². The molecule has 0 radical (unpaired) electrons. The van der Waals surface area contributed by atoms with Gasteiger partial charge in [0.1, 0.15) is 17.3 Å². The van der Waals surface area contributed by atoms with Gasteiger partial charge in [-0.25, -0.2) is 4.39 Å². The highest BCUT2D eigenvalue weighted by atomic mass is 19.3. The van der Waals surface area contributed by atoms with Gasteiger partial charge in [0.05, 0.1) is 17.7 Å². The van der Waals surface area contributed by atoms with E-state index in [0.29, 0.717) is 6.07 Å². The first-order valence-electron chi connectivity index (χ1n) is 7.75. The van der Waals surface area contributed by atoms with Crippen molar-refractivity contribution < 1.29 is 36.9 Å². The maximum Gasteiger partial charge on any atom is 0.346 e. The second-order valence-electron chi connectivity index (χ2n) is 6.52. The van der Waals surface area contributed by atoms with Gasteiger partial charge in [-0.3, -0.25) is 0 Å². The summed E-state index contributed by atoms with van der Waals surface area (Å²) >= 11 is 0. The summed E-state index contributed by atoms with van der Waals surface area (Å²) in [6, 6.07) is 6.31. The molecule has 2 unspecified atom stereocenters. The largest absolute Gasteiger partial charge is 0.457 e. The van der Waals surface area contributed by atoms with E-state index in [9.17, 15) is 32.2 Å². The number of hydrogen-bond acceptors (Lipinski definition) is 4. The molecule has 2 aliphatic rings. The monoisotopic (exact) mass is 383 g/mol. The van der Waals surface area contributed by atoms with Crippen LogP contribution in [0.2, 0.25) is 0 Å². The van der Waals surface area contributed by atoms with Gasteiger partial charge >= 0.3 is 11.8 Å². The molecule has 0 saturated carbocycles. The molecule has 2 aromatic rings. The Morgan fingerprint density at radius 1 is 1.15 bits per heavy atom. The Bertz CT molecular complexity index is 1020. The predicted molar refractivity (Wildman–Crippen MR) is 79.9 cm³/mol. The molecule has 0 spiro atoms. The van der Waals surface area contributed by atoms with Crippen molar-refractivity contribution in [1.29, 1.82) is 5.26 Å². The summed E-state index contributed by atoms with van der Waals surface area (Å²) < 4.78 is 75.7. The maximum absolute atomic E-state index is 14.2. The molecule has 140 valence electrons. The van der Waals surface area contributed by atoms with E-state index in [2.05, 4.69) is 0 Å². The van der Waals surface area contributed by atoms with E-state index in [-0.39, 0.29) is 17.1 Å². The number of nitriles is 1. The zero-order valence-electron chi connectivity index (χ0n) is 13.3. The Morgan fingerprint density at radius 3 is 2.52 bits per heavy atom. The molecule has 4 nitrogen and oxygen atoms in total. The number of aliphatic hydroxyl groups excluding tert-OH is 1. The van der Waals surface area contributed by atoms with Gasteiger partial charge < -0.3 is 14.9 Å². The van der Waals surface area contributed by atoms with E-state index >= 15 is 0 Å². The van der Waals surface area contributed by atoms with Crippen LogP contribution in [0.15, 0.2) is 30.3 Å². The lowest BCUT2D eigenvalue weighted by atomic mass is 9.94. The van der Waals surface area contributed by atoms with Gasteiger partial charge in [0.25, 0.3) is 0 Å². The Morgan fingerprint density at radius 2 is 1.85 bits per heavy atom. The number of nitrogens with zero attached hydrogens (tertiary/aromatic N) is 1. The van der Waals surface area contributed by atoms with Crippen LogP contribution < -0.4 is 4.74 Å². The lowest BCUT2D eigenvalue weighted by Gasteiger charge is -2.30. The quantitative estimate of drug-likeness (QED) is 0.773. The average molecular weight is 383 g/mol. The van der Waals surface area contributed by atoms with Crippen molar-refractivity contribution in [3.63, 3.8) is 0 Å². The van der Waals surface area contributed by atoms with Crippen LogP contribution in [0, 0.1) is 17.1 Å². The molecule has 27 heavy (non-hydrogen) atoms. The smallest absolute Gasteiger partial charge is 0.346 e. The average Bonchev–Trinajstić information content (AvgIpc) is 2.92. The van der Waals surface area contributed by atoms with Gasteiger partial charge in [0.15, 0.2) is 5.60 Å². The number of alkyl halides is 4. The van der Waals surface area contributed by atoms with Crippen LogP contribution in [0.1, 0.15) is 34.8 Å². The van der Waals surface area contributed by atoms with E-state index in [4.69, 9.17) is 10.00 Å². The van der Waals surface area contributed by atoms with Crippen molar-refractivity contribution >= 4 is 0 Å². The maximum atomic E-state index is 14.2. The van der Waals surface area contributed by atoms with E-state index in [0.717, 1.165) is 24.3 Å². The van der Waals surface area contributed by atoms with Gasteiger partial charge in [0, 0.05) is 29.2 Å². The van der Waals surface area contributed by atoms with Gasteiger partial charge in [0.2, 0.25) is 0 Å². The first-order valence-corrected chi connectivity index (χ1v) is 7.75. The van der Waals surface area contributed by atoms with Crippen LogP contribution >= 0.6 is 0 Å². The molecule has 4 rings (SSSR count). The molecule has 2 aliphatic carbocycles. The van der Waals surface area contributed by atoms with Crippen molar-refractivity contribution in [2.45, 2.75) is 30.0 Å². The van der Waals surface area contributed by atoms with Crippen molar-refractivity contribution in [1.82, 2.24) is 0 Å². The fourth-order valence-electron chi connectivity index (χ4n) is 3.74. The zero-order valence-corrected chi connectivity index (χ0v) is 13.3. The molecule has 9 heteroatoms. The van der Waals surface area contributed by atoms with Gasteiger partial charge in [-0.1, -0.05) is 0 Å². The number of hydrogen-bond donors (Lipinski definition) is 2. The summed E-state index contributed by atoms with van der Waals surface area (Å²) in [5.74, 6) is -10.7. The molecule has 2 N–H and O–H groups in total. The number of aliphatic hydroxyl groups is 2. The number of halogens is 5. The normalized spacial score (nSPS) is 26.5. The van der Waals surface area contributed by atoms with Gasteiger partial charge in [-0.15, -0.1) is 0 Å². The minimum atomic E-state index is -4.82. The lowest BCUT2D eigenvalue weighted by Crippen LogP contribution is -2.48. The van der Waals surface area contributed by atoms with Crippen LogP contribution in [0.3, 0.4) is 0 Å². The molecule has 0 saturated heterocycles. The van der Waals surface area contributed by atoms with Gasteiger partial charge in [-0.2, -0.15) is 22.8 Å². The molecular formula is C18H10F5NO3. The predicted octanol–water partition coefficient (Wildman–Crippen LogP) is 3.86. The molecule has 0 bridgehead atoms. The SMILES string of the molecule is N#Cc1cc(F)cc(Oc2ccc3c4c2C(O)CC4(O)C(F)(F)C3(F)F)c1. The molecule has 0 aliphatic heterocycles. The molecular weight excluding hydrogens is 373 g/mol. The van der Waals surface area contributed by atoms with Crippen LogP contribution in [-0.4, -0.2) is 16.1 Å². The van der Waals surface area contributed by atoms with E-state index in [1.54, 1.807) is 6.07 Å². The number of benzene rings is 2. The highest BCUT2D eigenvalue weighted by molar-refractivity contribution is 5.60. The zero-order chi connectivity index (χ0) is 19.8. The summed E-state index contributed by atoms with van der Waals surface area (Å²) in [6.07, 6.45) is -2.73. The Kier molecular flexibility index (Phi) is 3.40. The molecule has 0 fully saturated rings. The Hall–Kier alpha value is -2.70. The van der Waals surface area contributed by atoms with Gasteiger partial charge in [-0.05, 0) is 24.3 Å². The second kappa shape index (κ2) is 5.18. The third-order valence-corrected chi connectivity index (χ3v) is 4.92. The number of rotatable bonds is 2. The summed E-state index contributed by atoms with van der Waals surface area (Å²) in [5, 5.41) is 29.3. The molecule has 0 heterocycles. The standard InChI is InChI=1S/C18H10F5NO3/c19-9-3-8(7-24)4-10(5-9)27-13-2-1-11-15-14(13)12(25)6-16(15,26)18(22,23)17(11,20)21/h1-5,12,25-26H,6H2. The Balaban J connectivity index is 1.89. The molecule has 0 amide bonds. The third-order valence-electron chi connectivity index (χ3n) is 4.92. The lowest BCUT2D eigenvalue weighted by molar-refractivity contribution is -0.289. The summed E-state index contributed by atoms with van der Waals surface area (Å²) in [7, 11) is 0. The fourth-order valence-corrected chi connectivity index (χ4v) is 3.74. The van der Waals surface area contributed by atoms with Crippen molar-refractivity contribution in [3.8, 4) is 17.6 Å². The molecule has 0 aromatic heterocycles. The summed E-state index contributed by atoms with van der Waals surface area (Å²) in [5.41, 5.74) is -5.61. The first-order chi connectivity index (χ1) is 12.5. The number of ether oxygens (including phenoxy) is 1. The minimum Gasteiger partial charge on any atom is -0.457 e. The molecule has 2 aromatic carbocycles. The highest BCUT2D eigenvalue weighted by Gasteiger charge is 2.78. The fraction of sp³-hybridized carbons (Fsp3) is 0.278. The highest BCUT2D eigenvalue weighted by Crippen LogP contribution is 2.68. The minimum absolute atomic E-state index is 0.0855. The van der Waals surface area contributed by atoms with E-state index in [1.165, 1.54) is 0 Å². The van der Waals surface area contributed by atoms with E-state index < -0.39 is 52.5 Å². The van der Waals surface area contributed by atoms with Crippen LogP contribution in [0.5, 0.6) is 11.5 Å². The first kappa shape index (κ1) is 17.7. The van der Waals surface area contributed by atoms with Crippen molar-refractivity contribution in [3.05, 3.63) is 58.4 Å². The van der Waals surface area contributed by atoms with Crippen molar-refractivity contribution in [2.75, 3.05) is 0 Å². The summed E-state index contributed by atoms with van der Waals surface area (Å²) in [6.45, 7) is 0. The Labute approximate surface area is 149 Å². The van der Waals surface area contributed by atoms with E-state index in [1.807, 2.05) is 0 Å².